The molecule has 106 valence electrons. The van der Waals surface area contributed by atoms with Gasteiger partial charge in [-0.05, 0) is 45.1 Å². The van der Waals surface area contributed by atoms with Gasteiger partial charge >= 0.3 is 0 Å². The molecule has 1 unspecified atom stereocenters. The number of hydrogen-bond donors (Lipinski definition) is 1. The zero-order valence-electron chi connectivity index (χ0n) is 12.1. The van der Waals surface area contributed by atoms with Gasteiger partial charge in [0.2, 0.25) is 0 Å². The molecule has 0 radical (unpaired) electrons. The quantitative estimate of drug-likeness (QED) is 0.907. The Labute approximate surface area is 115 Å². The number of methoxy groups -OCH3 is 1. The van der Waals surface area contributed by atoms with Crippen LogP contribution in [0.2, 0.25) is 0 Å². The number of rotatable bonds is 4. The maximum absolute atomic E-state index is 5.60. The van der Waals surface area contributed by atoms with Crippen LogP contribution in [0.4, 0.5) is 0 Å². The summed E-state index contributed by atoms with van der Waals surface area (Å²) in [6, 6.07) is 0. The van der Waals surface area contributed by atoms with Gasteiger partial charge in [0, 0.05) is 6.54 Å². The molecule has 0 aromatic carbocycles. The minimum Gasteiger partial charge on any atom is -0.493 e. The number of hydrogen-bond acceptors (Lipinski definition) is 3. The van der Waals surface area contributed by atoms with Crippen molar-refractivity contribution in [2.24, 2.45) is 5.92 Å². The van der Waals surface area contributed by atoms with Crippen molar-refractivity contribution >= 4 is 0 Å². The van der Waals surface area contributed by atoms with Crippen LogP contribution in [0.15, 0.2) is 6.20 Å². The summed E-state index contributed by atoms with van der Waals surface area (Å²) < 4.78 is 7.74. The van der Waals surface area contributed by atoms with E-state index in [4.69, 9.17) is 4.74 Å². The van der Waals surface area contributed by atoms with Crippen molar-refractivity contribution in [3.05, 3.63) is 11.9 Å². The molecule has 4 nitrogen and oxygen atoms in total. The van der Waals surface area contributed by atoms with Crippen molar-refractivity contribution in [2.45, 2.75) is 57.5 Å². The van der Waals surface area contributed by atoms with E-state index in [1.54, 1.807) is 7.11 Å². The minimum absolute atomic E-state index is 0.106. The fourth-order valence-electron chi connectivity index (χ4n) is 3.63. The van der Waals surface area contributed by atoms with Crippen LogP contribution in [-0.2, 0) is 12.1 Å². The predicted octanol–water partition coefficient (Wildman–Crippen LogP) is 2.68. The SMILES string of the molecule is CCn1ncc(OC)c1C1(C2CC2)CCCCCN1. The Morgan fingerprint density at radius 3 is 2.95 bits per heavy atom. The molecule has 1 aromatic rings. The van der Waals surface area contributed by atoms with Gasteiger partial charge in [-0.15, -0.1) is 0 Å². The minimum atomic E-state index is 0.106. The Bertz CT molecular complexity index is 407. The normalized spacial score (nSPS) is 28.1. The van der Waals surface area contributed by atoms with Crippen LogP contribution in [-0.4, -0.2) is 23.4 Å². The molecular formula is C15H25N3O. The van der Waals surface area contributed by atoms with Crippen LogP contribution < -0.4 is 10.1 Å². The maximum atomic E-state index is 5.60. The predicted molar refractivity (Wildman–Crippen MR) is 75.3 cm³/mol. The highest BCUT2D eigenvalue weighted by Crippen LogP contribution is 2.51. The van der Waals surface area contributed by atoms with Gasteiger partial charge in [0.1, 0.15) is 5.69 Å². The Hall–Kier alpha value is -1.03. The number of aryl methyl sites for hydroxylation is 1. The highest BCUT2D eigenvalue weighted by Gasteiger charge is 2.49. The summed E-state index contributed by atoms with van der Waals surface area (Å²) in [4.78, 5) is 0. The van der Waals surface area contributed by atoms with Gasteiger partial charge in [-0.3, -0.25) is 4.68 Å². The van der Waals surface area contributed by atoms with Crippen LogP contribution >= 0.6 is 0 Å². The summed E-state index contributed by atoms with van der Waals surface area (Å²) >= 11 is 0. The van der Waals surface area contributed by atoms with E-state index in [-0.39, 0.29) is 5.54 Å². The van der Waals surface area contributed by atoms with Crippen molar-refractivity contribution in [1.29, 1.82) is 0 Å². The number of nitrogens with zero attached hydrogens (tertiary/aromatic N) is 2. The molecule has 1 saturated carbocycles. The standard InChI is InChI=1S/C15H25N3O/c1-3-18-14(13(19-2)11-17-18)15(12-7-8-12)9-5-4-6-10-16-15/h11-12,16H,3-10H2,1-2H3. The highest BCUT2D eigenvalue weighted by atomic mass is 16.5. The molecule has 19 heavy (non-hydrogen) atoms. The fraction of sp³-hybridized carbons (Fsp3) is 0.800. The molecule has 2 fully saturated rings. The Balaban J connectivity index is 2.05. The molecular weight excluding hydrogens is 238 g/mol. The van der Waals surface area contributed by atoms with Gasteiger partial charge in [-0.1, -0.05) is 12.8 Å². The largest absolute Gasteiger partial charge is 0.493 e. The van der Waals surface area contributed by atoms with Crippen LogP contribution in [0, 0.1) is 5.92 Å². The Kier molecular flexibility index (Phi) is 3.52. The molecule has 2 heterocycles. The summed E-state index contributed by atoms with van der Waals surface area (Å²) in [7, 11) is 1.76. The van der Waals surface area contributed by atoms with Gasteiger partial charge in [-0.2, -0.15) is 5.10 Å². The van der Waals surface area contributed by atoms with Gasteiger partial charge in [0.15, 0.2) is 5.75 Å². The summed E-state index contributed by atoms with van der Waals surface area (Å²) in [6.07, 6.45) is 9.72. The van der Waals surface area contributed by atoms with E-state index in [1.807, 2.05) is 6.20 Å². The first-order chi connectivity index (χ1) is 9.31. The number of nitrogens with one attached hydrogen (secondary N) is 1. The summed E-state index contributed by atoms with van der Waals surface area (Å²) in [6.45, 7) is 4.19. The molecule has 0 amide bonds. The van der Waals surface area contributed by atoms with E-state index in [0.717, 1.165) is 24.8 Å². The topological polar surface area (TPSA) is 39.1 Å². The molecule has 1 saturated heterocycles. The number of aromatic nitrogens is 2. The van der Waals surface area contributed by atoms with E-state index in [1.165, 1.54) is 44.2 Å². The second-order valence-electron chi connectivity index (χ2n) is 5.86. The lowest BCUT2D eigenvalue weighted by atomic mass is 9.84. The first-order valence-corrected chi connectivity index (χ1v) is 7.67. The van der Waals surface area contributed by atoms with Crippen LogP contribution in [0.5, 0.6) is 5.75 Å². The van der Waals surface area contributed by atoms with E-state index >= 15 is 0 Å². The molecule has 2 aliphatic rings. The lowest BCUT2D eigenvalue weighted by molar-refractivity contribution is 0.246. The molecule has 1 aliphatic carbocycles. The van der Waals surface area contributed by atoms with Gasteiger partial charge < -0.3 is 10.1 Å². The van der Waals surface area contributed by atoms with Gasteiger partial charge in [0.25, 0.3) is 0 Å². The third-order valence-corrected chi connectivity index (χ3v) is 4.71. The molecule has 0 bridgehead atoms. The van der Waals surface area contributed by atoms with Crippen LogP contribution in [0.25, 0.3) is 0 Å². The van der Waals surface area contributed by atoms with Crippen molar-refractivity contribution in [1.82, 2.24) is 15.1 Å². The number of ether oxygens (including phenoxy) is 1. The summed E-state index contributed by atoms with van der Waals surface area (Å²) in [5, 5.41) is 8.39. The molecule has 1 atom stereocenters. The first-order valence-electron chi connectivity index (χ1n) is 7.67. The van der Waals surface area contributed by atoms with E-state index in [2.05, 4.69) is 22.0 Å². The van der Waals surface area contributed by atoms with Crippen molar-refractivity contribution in [2.75, 3.05) is 13.7 Å². The molecule has 1 aliphatic heterocycles. The third-order valence-electron chi connectivity index (χ3n) is 4.71. The van der Waals surface area contributed by atoms with Gasteiger partial charge in [-0.25, -0.2) is 0 Å². The lowest BCUT2D eigenvalue weighted by Gasteiger charge is -2.35. The molecule has 3 rings (SSSR count). The summed E-state index contributed by atoms with van der Waals surface area (Å²) in [5.74, 6) is 1.73. The Morgan fingerprint density at radius 1 is 1.42 bits per heavy atom. The van der Waals surface area contributed by atoms with E-state index in [9.17, 15) is 0 Å². The fourth-order valence-corrected chi connectivity index (χ4v) is 3.63. The average Bonchev–Trinajstić information content (AvgIpc) is 3.22. The molecule has 0 spiro atoms. The Morgan fingerprint density at radius 2 is 2.26 bits per heavy atom. The lowest BCUT2D eigenvalue weighted by Crippen LogP contribution is -2.45. The van der Waals surface area contributed by atoms with Gasteiger partial charge in [0.05, 0.1) is 18.8 Å². The first kappa shape index (κ1) is 13.0. The zero-order valence-corrected chi connectivity index (χ0v) is 12.1. The van der Waals surface area contributed by atoms with Crippen molar-refractivity contribution < 1.29 is 4.74 Å². The van der Waals surface area contributed by atoms with E-state index < -0.39 is 0 Å². The molecule has 1 N–H and O–H groups in total. The van der Waals surface area contributed by atoms with Crippen LogP contribution in [0.1, 0.15) is 51.1 Å². The molecule has 4 heteroatoms. The smallest absolute Gasteiger partial charge is 0.161 e. The zero-order chi connectivity index (χ0) is 13.3. The monoisotopic (exact) mass is 263 g/mol. The highest BCUT2D eigenvalue weighted by molar-refractivity contribution is 5.35. The average molecular weight is 263 g/mol. The van der Waals surface area contributed by atoms with Crippen molar-refractivity contribution in [3.63, 3.8) is 0 Å². The second kappa shape index (κ2) is 5.16. The van der Waals surface area contributed by atoms with Crippen LogP contribution in [0.3, 0.4) is 0 Å². The van der Waals surface area contributed by atoms with E-state index in [0.29, 0.717) is 0 Å². The third kappa shape index (κ3) is 2.16. The van der Waals surface area contributed by atoms with Crippen molar-refractivity contribution in [3.8, 4) is 5.75 Å². The second-order valence-corrected chi connectivity index (χ2v) is 5.86. The molecule has 1 aromatic heterocycles. The summed E-state index contributed by atoms with van der Waals surface area (Å²) in [5.41, 5.74) is 1.40. The maximum Gasteiger partial charge on any atom is 0.161 e.